The van der Waals surface area contributed by atoms with Crippen LogP contribution in [0.2, 0.25) is 0 Å². The second-order valence-electron chi connectivity index (χ2n) is 3.86. The van der Waals surface area contributed by atoms with Crippen molar-refractivity contribution in [3.05, 3.63) is 29.9 Å². The van der Waals surface area contributed by atoms with E-state index in [-0.39, 0.29) is 18.2 Å². The first-order chi connectivity index (χ1) is 9.49. The summed E-state index contributed by atoms with van der Waals surface area (Å²) in [5.74, 6) is 0.563. The normalized spacial score (nSPS) is 11.4. The van der Waals surface area contributed by atoms with Gasteiger partial charge in [-0.2, -0.15) is 18.2 Å². The number of rotatable bonds is 5. The van der Waals surface area contributed by atoms with Crippen molar-refractivity contribution >= 4 is 11.6 Å². The lowest BCUT2D eigenvalue weighted by Gasteiger charge is -2.12. The summed E-state index contributed by atoms with van der Waals surface area (Å²) in [6, 6.07) is 1.89. The zero-order valence-corrected chi connectivity index (χ0v) is 10.5. The highest BCUT2D eigenvalue weighted by atomic mass is 19.4. The van der Waals surface area contributed by atoms with Gasteiger partial charge < -0.3 is 15.2 Å². The van der Waals surface area contributed by atoms with E-state index in [4.69, 9.17) is 0 Å². The zero-order valence-electron chi connectivity index (χ0n) is 10.5. The lowest BCUT2D eigenvalue weighted by atomic mass is 10.2. The van der Waals surface area contributed by atoms with Crippen LogP contribution in [0.25, 0.3) is 0 Å². The van der Waals surface area contributed by atoms with E-state index in [1.807, 2.05) is 0 Å². The Morgan fingerprint density at radius 3 is 2.45 bits per heavy atom. The summed E-state index contributed by atoms with van der Waals surface area (Å²) in [5, 5.41) is 9.02. The van der Waals surface area contributed by atoms with E-state index in [1.165, 1.54) is 0 Å². The van der Waals surface area contributed by atoms with E-state index in [2.05, 4.69) is 30.3 Å². The molecule has 0 aliphatic rings. The highest BCUT2D eigenvalue weighted by Crippen LogP contribution is 2.32. The first kappa shape index (κ1) is 14.1. The Kier molecular flexibility index (Phi) is 4.06. The highest BCUT2D eigenvalue weighted by molar-refractivity contribution is 5.49. The SMILES string of the molecule is CCNc1cc(C(F)(F)F)cc(NCc2ncon2)n1. The maximum Gasteiger partial charge on any atom is 0.416 e. The molecule has 6 nitrogen and oxygen atoms in total. The fraction of sp³-hybridized carbons (Fsp3) is 0.364. The van der Waals surface area contributed by atoms with Crippen LogP contribution < -0.4 is 10.6 Å². The molecule has 2 aromatic heterocycles. The standard InChI is InChI=1S/C11H12F3N5O/c1-2-15-8-3-7(11(12,13)14)4-9(18-8)16-5-10-17-6-20-19-10/h3-4,6H,2,5H2,1H3,(H2,15,16,18). The minimum absolute atomic E-state index is 0.0839. The molecule has 2 N–H and O–H groups in total. The minimum atomic E-state index is -4.43. The van der Waals surface area contributed by atoms with Crippen LogP contribution in [0.3, 0.4) is 0 Å². The molecular weight excluding hydrogens is 275 g/mol. The Hall–Kier alpha value is -2.32. The molecule has 2 rings (SSSR count). The van der Waals surface area contributed by atoms with Crippen LogP contribution in [0.5, 0.6) is 0 Å². The molecule has 0 radical (unpaired) electrons. The Labute approximate surface area is 112 Å². The van der Waals surface area contributed by atoms with Gasteiger partial charge in [-0.25, -0.2) is 4.98 Å². The van der Waals surface area contributed by atoms with Gasteiger partial charge in [-0.15, -0.1) is 0 Å². The van der Waals surface area contributed by atoms with Gasteiger partial charge in [0.2, 0.25) is 6.39 Å². The number of alkyl halides is 3. The summed E-state index contributed by atoms with van der Waals surface area (Å²) in [7, 11) is 0. The molecule has 0 fully saturated rings. The van der Waals surface area contributed by atoms with Gasteiger partial charge in [0.05, 0.1) is 12.1 Å². The van der Waals surface area contributed by atoms with Gasteiger partial charge in [-0.3, -0.25) is 0 Å². The molecule has 20 heavy (non-hydrogen) atoms. The van der Waals surface area contributed by atoms with Crippen LogP contribution in [0, 0.1) is 0 Å². The van der Waals surface area contributed by atoms with Crippen molar-refractivity contribution < 1.29 is 17.7 Å². The summed E-state index contributed by atoms with van der Waals surface area (Å²) in [6.07, 6.45) is -3.30. The summed E-state index contributed by atoms with van der Waals surface area (Å²) in [6.45, 7) is 2.36. The third-order valence-corrected chi connectivity index (χ3v) is 2.35. The highest BCUT2D eigenvalue weighted by Gasteiger charge is 2.31. The Morgan fingerprint density at radius 2 is 1.90 bits per heavy atom. The van der Waals surface area contributed by atoms with Gasteiger partial charge in [-0.05, 0) is 19.1 Å². The van der Waals surface area contributed by atoms with Gasteiger partial charge in [0.1, 0.15) is 11.6 Å². The second-order valence-corrected chi connectivity index (χ2v) is 3.86. The number of hydrogen-bond donors (Lipinski definition) is 2. The smallest absolute Gasteiger partial charge is 0.370 e. The molecular formula is C11H12F3N5O. The Morgan fingerprint density at radius 1 is 1.20 bits per heavy atom. The number of pyridine rings is 1. The van der Waals surface area contributed by atoms with Crippen molar-refractivity contribution in [3.63, 3.8) is 0 Å². The quantitative estimate of drug-likeness (QED) is 0.880. The molecule has 0 unspecified atom stereocenters. The van der Waals surface area contributed by atoms with E-state index >= 15 is 0 Å². The molecule has 108 valence electrons. The molecule has 0 aromatic carbocycles. The van der Waals surface area contributed by atoms with Crippen LogP contribution in [-0.2, 0) is 12.7 Å². The molecule has 2 aromatic rings. The molecule has 0 saturated carbocycles. The van der Waals surface area contributed by atoms with Crippen molar-refractivity contribution in [2.45, 2.75) is 19.6 Å². The lowest BCUT2D eigenvalue weighted by Crippen LogP contribution is -2.11. The molecule has 0 spiro atoms. The van der Waals surface area contributed by atoms with Crippen LogP contribution >= 0.6 is 0 Å². The molecule has 0 atom stereocenters. The molecule has 0 bridgehead atoms. The van der Waals surface area contributed by atoms with Gasteiger partial charge in [0.25, 0.3) is 0 Å². The Bertz CT molecular complexity index is 556. The predicted molar refractivity (Wildman–Crippen MR) is 65.0 cm³/mol. The average Bonchev–Trinajstić information content (AvgIpc) is 2.88. The van der Waals surface area contributed by atoms with E-state index < -0.39 is 11.7 Å². The van der Waals surface area contributed by atoms with E-state index in [9.17, 15) is 13.2 Å². The van der Waals surface area contributed by atoms with Gasteiger partial charge in [0.15, 0.2) is 5.82 Å². The topological polar surface area (TPSA) is 75.9 Å². The fourth-order valence-electron chi connectivity index (χ4n) is 1.50. The molecule has 0 aliphatic heterocycles. The largest absolute Gasteiger partial charge is 0.416 e. The van der Waals surface area contributed by atoms with Crippen LogP contribution in [-0.4, -0.2) is 21.7 Å². The van der Waals surface area contributed by atoms with Crippen LogP contribution in [0.15, 0.2) is 23.0 Å². The number of nitrogens with one attached hydrogen (secondary N) is 2. The Balaban J connectivity index is 2.20. The van der Waals surface area contributed by atoms with Crippen molar-refractivity contribution in [2.24, 2.45) is 0 Å². The van der Waals surface area contributed by atoms with E-state index in [0.717, 1.165) is 18.5 Å². The summed E-state index contributed by atoms with van der Waals surface area (Å²) in [5.41, 5.74) is -0.779. The van der Waals surface area contributed by atoms with Crippen molar-refractivity contribution in [2.75, 3.05) is 17.2 Å². The summed E-state index contributed by atoms with van der Waals surface area (Å²) < 4.78 is 42.9. The molecule has 0 saturated heterocycles. The van der Waals surface area contributed by atoms with E-state index in [1.54, 1.807) is 6.92 Å². The molecule has 9 heteroatoms. The van der Waals surface area contributed by atoms with E-state index in [0.29, 0.717) is 12.4 Å². The number of hydrogen-bond acceptors (Lipinski definition) is 6. The minimum Gasteiger partial charge on any atom is -0.370 e. The third-order valence-electron chi connectivity index (χ3n) is 2.35. The first-order valence-corrected chi connectivity index (χ1v) is 5.81. The van der Waals surface area contributed by atoms with Gasteiger partial charge in [-0.1, -0.05) is 5.16 Å². The van der Waals surface area contributed by atoms with Gasteiger partial charge >= 0.3 is 6.18 Å². The lowest BCUT2D eigenvalue weighted by molar-refractivity contribution is -0.137. The number of halogens is 3. The average molecular weight is 287 g/mol. The van der Waals surface area contributed by atoms with Gasteiger partial charge in [0, 0.05) is 6.54 Å². The first-order valence-electron chi connectivity index (χ1n) is 5.81. The van der Waals surface area contributed by atoms with Crippen LogP contribution in [0.4, 0.5) is 24.8 Å². The van der Waals surface area contributed by atoms with Crippen molar-refractivity contribution in [1.29, 1.82) is 0 Å². The molecule has 2 heterocycles. The predicted octanol–water partition coefficient (Wildman–Crippen LogP) is 2.53. The summed E-state index contributed by atoms with van der Waals surface area (Å²) in [4.78, 5) is 7.78. The number of anilines is 2. The maximum absolute atomic E-state index is 12.8. The third kappa shape index (κ3) is 3.59. The van der Waals surface area contributed by atoms with Crippen molar-refractivity contribution in [3.8, 4) is 0 Å². The number of nitrogens with zero attached hydrogens (tertiary/aromatic N) is 3. The molecule has 0 aliphatic carbocycles. The molecule has 0 amide bonds. The van der Waals surface area contributed by atoms with Crippen molar-refractivity contribution in [1.82, 2.24) is 15.1 Å². The summed E-state index contributed by atoms with van der Waals surface area (Å²) >= 11 is 0. The van der Waals surface area contributed by atoms with Crippen LogP contribution in [0.1, 0.15) is 18.3 Å². The maximum atomic E-state index is 12.8. The second kappa shape index (κ2) is 5.76. The fourth-order valence-corrected chi connectivity index (χ4v) is 1.50. The number of aromatic nitrogens is 3. The zero-order chi connectivity index (χ0) is 14.6. The monoisotopic (exact) mass is 287 g/mol.